The fourth-order valence-electron chi connectivity index (χ4n) is 1.61. The normalized spacial score (nSPS) is 11.5. The zero-order chi connectivity index (χ0) is 13.1. The topological polar surface area (TPSA) is 60.0 Å². The highest BCUT2D eigenvalue weighted by Gasteiger charge is 2.21. The number of anilines is 1. The summed E-state index contributed by atoms with van der Waals surface area (Å²) in [5, 5.41) is 3.02. The summed E-state index contributed by atoms with van der Waals surface area (Å²) in [6.07, 6.45) is 3.69. The van der Waals surface area contributed by atoms with Gasteiger partial charge in [0.25, 0.3) is 5.91 Å². The minimum absolute atomic E-state index is 0.0537. The van der Waals surface area contributed by atoms with E-state index in [1.54, 1.807) is 6.07 Å². The summed E-state index contributed by atoms with van der Waals surface area (Å²) in [6, 6.07) is 1.73. The third-order valence-electron chi connectivity index (χ3n) is 2.95. The van der Waals surface area contributed by atoms with E-state index in [0.717, 1.165) is 19.4 Å². The first-order valence-electron chi connectivity index (χ1n) is 6.17. The Bertz CT molecular complexity index is 393. The van der Waals surface area contributed by atoms with Crippen molar-refractivity contribution in [2.45, 2.75) is 52.6 Å². The third kappa shape index (κ3) is 3.51. The molecule has 0 aromatic carbocycles. The minimum Gasteiger partial charge on any atom is -0.397 e. The average molecular weight is 237 g/mol. The van der Waals surface area contributed by atoms with E-state index >= 15 is 0 Å². The van der Waals surface area contributed by atoms with Gasteiger partial charge < -0.3 is 15.6 Å². The van der Waals surface area contributed by atoms with Crippen molar-refractivity contribution in [3.63, 3.8) is 0 Å². The maximum absolute atomic E-state index is 12.1. The SMILES string of the molecule is CCCn1cc(N)cc1C(=O)NC(C)(C)CC. The summed E-state index contributed by atoms with van der Waals surface area (Å²) >= 11 is 0. The van der Waals surface area contributed by atoms with Crippen molar-refractivity contribution in [3.05, 3.63) is 18.0 Å². The molecule has 1 amide bonds. The molecule has 1 aromatic heterocycles. The largest absolute Gasteiger partial charge is 0.397 e. The Hall–Kier alpha value is -1.45. The number of carbonyl (C=O) groups is 1. The van der Waals surface area contributed by atoms with Crippen molar-refractivity contribution in [3.8, 4) is 0 Å². The van der Waals surface area contributed by atoms with Crippen molar-refractivity contribution in [1.82, 2.24) is 9.88 Å². The van der Waals surface area contributed by atoms with E-state index in [-0.39, 0.29) is 11.4 Å². The molecule has 0 radical (unpaired) electrons. The number of aryl methyl sites for hydroxylation is 1. The smallest absolute Gasteiger partial charge is 0.268 e. The van der Waals surface area contributed by atoms with Gasteiger partial charge in [0.05, 0.1) is 5.69 Å². The van der Waals surface area contributed by atoms with Gasteiger partial charge in [-0.05, 0) is 32.8 Å². The van der Waals surface area contributed by atoms with Gasteiger partial charge in [0.2, 0.25) is 0 Å². The Balaban J connectivity index is 2.88. The highest BCUT2D eigenvalue weighted by molar-refractivity contribution is 5.94. The fraction of sp³-hybridized carbons (Fsp3) is 0.615. The van der Waals surface area contributed by atoms with Gasteiger partial charge in [-0.25, -0.2) is 0 Å². The molecule has 0 saturated carbocycles. The van der Waals surface area contributed by atoms with Crippen molar-refractivity contribution in [2.75, 3.05) is 5.73 Å². The van der Waals surface area contributed by atoms with Gasteiger partial charge in [-0.2, -0.15) is 0 Å². The summed E-state index contributed by atoms with van der Waals surface area (Å²) in [5.74, 6) is -0.0537. The predicted molar refractivity (Wildman–Crippen MR) is 71.0 cm³/mol. The van der Waals surface area contributed by atoms with Crippen LogP contribution in [0.4, 0.5) is 5.69 Å². The van der Waals surface area contributed by atoms with Gasteiger partial charge in [0, 0.05) is 18.3 Å². The molecule has 0 saturated heterocycles. The molecule has 0 bridgehead atoms. The third-order valence-corrected chi connectivity index (χ3v) is 2.95. The molecule has 0 atom stereocenters. The van der Waals surface area contributed by atoms with Gasteiger partial charge >= 0.3 is 0 Å². The number of nitrogens with two attached hydrogens (primary N) is 1. The van der Waals surface area contributed by atoms with Gasteiger partial charge in [0.15, 0.2) is 0 Å². The number of nitrogen functional groups attached to an aromatic ring is 1. The van der Waals surface area contributed by atoms with Gasteiger partial charge in [-0.15, -0.1) is 0 Å². The second-order valence-corrected chi connectivity index (χ2v) is 5.04. The number of hydrogen-bond donors (Lipinski definition) is 2. The molecule has 1 rings (SSSR count). The van der Waals surface area contributed by atoms with Crippen LogP contribution in [0.3, 0.4) is 0 Å². The maximum Gasteiger partial charge on any atom is 0.268 e. The van der Waals surface area contributed by atoms with Crippen LogP contribution in [0.2, 0.25) is 0 Å². The highest BCUT2D eigenvalue weighted by Crippen LogP contribution is 2.14. The summed E-state index contributed by atoms with van der Waals surface area (Å²) < 4.78 is 1.91. The molecule has 3 N–H and O–H groups in total. The molecular weight excluding hydrogens is 214 g/mol. The summed E-state index contributed by atoms with van der Waals surface area (Å²) in [4.78, 5) is 12.1. The minimum atomic E-state index is -0.187. The first-order chi connectivity index (χ1) is 7.89. The Morgan fingerprint density at radius 1 is 1.47 bits per heavy atom. The predicted octanol–water partition coefficient (Wildman–Crippen LogP) is 2.40. The lowest BCUT2D eigenvalue weighted by Crippen LogP contribution is -2.43. The Morgan fingerprint density at radius 2 is 2.12 bits per heavy atom. The van der Waals surface area contributed by atoms with Crippen LogP contribution in [0.25, 0.3) is 0 Å². The van der Waals surface area contributed by atoms with Crippen LogP contribution >= 0.6 is 0 Å². The zero-order valence-corrected chi connectivity index (χ0v) is 11.2. The fourth-order valence-corrected chi connectivity index (χ4v) is 1.61. The lowest BCUT2D eigenvalue weighted by molar-refractivity contribution is 0.0901. The van der Waals surface area contributed by atoms with Crippen molar-refractivity contribution in [1.29, 1.82) is 0 Å². The number of aromatic nitrogens is 1. The van der Waals surface area contributed by atoms with Crippen LogP contribution in [0.5, 0.6) is 0 Å². The summed E-state index contributed by atoms with van der Waals surface area (Å²) in [7, 11) is 0. The second-order valence-electron chi connectivity index (χ2n) is 5.04. The van der Waals surface area contributed by atoms with Crippen molar-refractivity contribution >= 4 is 11.6 Å². The number of rotatable bonds is 5. The van der Waals surface area contributed by atoms with E-state index in [2.05, 4.69) is 19.2 Å². The molecule has 0 aliphatic heterocycles. The molecule has 96 valence electrons. The Morgan fingerprint density at radius 3 is 2.65 bits per heavy atom. The van der Waals surface area contributed by atoms with E-state index in [1.165, 1.54) is 0 Å². The van der Waals surface area contributed by atoms with Gasteiger partial charge in [0.1, 0.15) is 5.69 Å². The molecule has 0 unspecified atom stereocenters. The summed E-state index contributed by atoms with van der Waals surface area (Å²) in [6.45, 7) is 8.98. The number of nitrogens with zero attached hydrogens (tertiary/aromatic N) is 1. The Kier molecular flexibility index (Phi) is 4.21. The van der Waals surface area contributed by atoms with Crippen LogP contribution in [-0.4, -0.2) is 16.0 Å². The average Bonchev–Trinajstić information content (AvgIpc) is 2.60. The molecule has 0 fully saturated rings. The maximum atomic E-state index is 12.1. The first-order valence-corrected chi connectivity index (χ1v) is 6.17. The number of carbonyl (C=O) groups excluding carboxylic acids is 1. The second kappa shape index (κ2) is 5.25. The van der Waals surface area contributed by atoms with E-state index in [1.807, 2.05) is 24.6 Å². The van der Waals surface area contributed by atoms with Crippen LogP contribution in [0.15, 0.2) is 12.3 Å². The lowest BCUT2D eigenvalue weighted by atomic mass is 10.0. The molecule has 4 nitrogen and oxygen atoms in total. The molecule has 0 spiro atoms. The molecule has 1 aromatic rings. The quantitative estimate of drug-likeness (QED) is 0.826. The standard InChI is InChI=1S/C13H23N3O/c1-5-7-16-9-10(14)8-11(16)12(17)15-13(3,4)6-2/h8-9H,5-7,14H2,1-4H3,(H,15,17). The molecule has 0 aliphatic rings. The van der Waals surface area contributed by atoms with E-state index < -0.39 is 0 Å². The molecule has 0 aliphatic carbocycles. The number of hydrogen-bond acceptors (Lipinski definition) is 2. The lowest BCUT2D eigenvalue weighted by Gasteiger charge is -2.24. The van der Waals surface area contributed by atoms with Crippen LogP contribution in [0, 0.1) is 0 Å². The number of nitrogens with one attached hydrogen (secondary N) is 1. The highest BCUT2D eigenvalue weighted by atomic mass is 16.2. The van der Waals surface area contributed by atoms with Crippen LogP contribution in [0.1, 0.15) is 51.0 Å². The molecule has 1 heterocycles. The number of amides is 1. The van der Waals surface area contributed by atoms with Crippen molar-refractivity contribution < 1.29 is 4.79 Å². The van der Waals surface area contributed by atoms with Crippen molar-refractivity contribution in [2.24, 2.45) is 0 Å². The molecule has 17 heavy (non-hydrogen) atoms. The summed E-state index contributed by atoms with van der Waals surface area (Å²) in [5.41, 5.74) is 6.84. The van der Waals surface area contributed by atoms with E-state index in [9.17, 15) is 4.79 Å². The zero-order valence-electron chi connectivity index (χ0n) is 11.2. The Labute approximate surface area is 103 Å². The molecule has 4 heteroatoms. The van der Waals surface area contributed by atoms with Crippen LogP contribution in [-0.2, 0) is 6.54 Å². The van der Waals surface area contributed by atoms with Gasteiger partial charge in [-0.1, -0.05) is 13.8 Å². The van der Waals surface area contributed by atoms with Gasteiger partial charge in [-0.3, -0.25) is 4.79 Å². The monoisotopic (exact) mass is 237 g/mol. The van der Waals surface area contributed by atoms with Crippen LogP contribution < -0.4 is 11.1 Å². The van der Waals surface area contributed by atoms with E-state index in [0.29, 0.717) is 11.4 Å². The first kappa shape index (κ1) is 13.6. The van der Waals surface area contributed by atoms with E-state index in [4.69, 9.17) is 5.73 Å². The molecular formula is C13H23N3O.